The summed E-state index contributed by atoms with van der Waals surface area (Å²) in [6, 6.07) is 7.11. The monoisotopic (exact) mass is 361 g/mol. The van der Waals surface area contributed by atoms with E-state index < -0.39 is 17.4 Å². The molecule has 0 aromatic heterocycles. The average molecular weight is 363 g/mol. The molecule has 6 heteroatoms. The molecular weight excluding hydrogens is 352 g/mol. The van der Waals surface area contributed by atoms with Gasteiger partial charge >= 0.3 is 0 Å². The molecule has 0 heterocycles. The fourth-order valence-corrected chi connectivity index (χ4v) is 2.45. The zero-order chi connectivity index (χ0) is 14.7. The van der Waals surface area contributed by atoms with E-state index in [2.05, 4.69) is 15.9 Å². The molecule has 2 aromatic rings. The molecule has 2 rings (SSSR count). The fraction of sp³-hybridized carbons (Fsp3) is 0.143. The van der Waals surface area contributed by atoms with Crippen molar-refractivity contribution in [2.75, 3.05) is 6.54 Å². The van der Waals surface area contributed by atoms with Crippen molar-refractivity contribution < 1.29 is 13.5 Å². The van der Waals surface area contributed by atoms with E-state index >= 15 is 0 Å². The highest BCUT2D eigenvalue weighted by Crippen LogP contribution is 2.34. The van der Waals surface area contributed by atoms with Crippen LogP contribution in [-0.2, 0) is 6.42 Å². The van der Waals surface area contributed by atoms with Gasteiger partial charge in [0.05, 0.1) is 4.47 Å². The van der Waals surface area contributed by atoms with Crippen LogP contribution in [0.4, 0.5) is 8.78 Å². The summed E-state index contributed by atoms with van der Waals surface area (Å²) in [6.07, 6.45) is 0.402. The summed E-state index contributed by atoms with van der Waals surface area (Å²) < 4.78 is 33.5. The maximum Gasteiger partial charge on any atom is 0.198 e. The molecule has 0 saturated heterocycles. The smallest absolute Gasteiger partial charge is 0.198 e. The van der Waals surface area contributed by atoms with Crippen LogP contribution in [0.15, 0.2) is 34.8 Å². The quantitative estimate of drug-likeness (QED) is 0.857. The normalized spacial score (nSPS) is 10.7. The van der Waals surface area contributed by atoms with Crippen LogP contribution in [-0.4, -0.2) is 6.54 Å². The minimum atomic E-state index is -0.768. The van der Waals surface area contributed by atoms with Gasteiger partial charge in [-0.2, -0.15) is 0 Å². The van der Waals surface area contributed by atoms with E-state index in [-0.39, 0.29) is 5.75 Å². The van der Waals surface area contributed by atoms with Gasteiger partial charge in [-0.1, -0.05) is 11.6 Å². The summed E-state index contributed by atoms with van der Waals surface area (Å²) >= 11 is 9.01. The molecule has 0 spiro atoms. The third-order valence-corrected chi connectivity index (χ3v) is 3.45. The number of hydrogen-bond donors (Lipinski definition) is 1. The van der Waals surface area contributed by atoms with E-state index in [0.717, 1.165) is 0 Å². The van der Waals surface area contributed by atoms with E-state index in [0.29, 0.717) is 28.0 Å². The fourth-order valence-electron chi connectivity index (χ4n) is 1.69. The molecule has 0 atom stereocenters. The number of benzene rings is 2. The van der Waals surface area contributed by atoms with Gasteiger partial charge in [0.2, 0.25) is 0 Å². The van der Waals surface area contributed by atoms with Gasteiger partial charge in [0.15, 0.2) is 17.4 Å². The lowest BCUT2D eigenvalue weighted by molar-refractivity contribution is 0.404. The maximum atomic E-state index is 13.9. The molecule has 0 fully saturated rings. The second-order valence-corrected chi connectivity index (χ2v) is 5.39. The predicted octanol–water partition coefficient (Wildman–Crippen LogP) is 4.67. The minimum absolute atomic E-state index is 0.277. The van der Waals surface area contributed by atoms with Crippen LogP contribution < -0.4 is 10.5 Å². The zero-order valence-electron chi connectivity index (χ0n) is 10.3. The summed E-state index contributed by atoms with van der Waals surface area (Å²) in [5.74, 6) is -1.71. The third kappa shape index (κ3) is 3.48. The second kappa shape index (κ2) is 6.52. The molecule has 0 radical (unpaired) electrons. The van der Waals surface area contributed by atoms with Gasteiger partial charge in [-0.05, 0) is 64.8 Å². The molecule has 0 aliphatic heterocycles. The molecule has 0 bridgehead atoms. The lowest BCUT2D eigenvalue weighted by Crippen LogP contribution is -2.04. The molecule has 2 aromatic carbocycles. The van der Waals surface area contributed by atoms with Gasteiger partial charge < -0.3 is 10.5 Å². The Morgan fingerprint density at radius 2 is 1.80 bits per heavy atom. The number of nitrogens with two attached hydrogens (primary N) is 1. The van der Waals surface area contributed by atoms with Crippen LogP contribution >= 0.6 is 27.5 Å². The van der Waals surface area contributed by atoms with E-state index in [1.807, 2.05) is 0 Å². The highest BCUT2D eigenvalue weighted by atomic mass is 79.9. The number of hydrogen-bond acceptors (Lipinski definition) is 2. The molecule has 0 aliphatic rings. The molecule has 2 N–H and O–H groups in total. The summed E-state index contributed by atoms with van der Waals surface area (Å²) in [5.41, 5.74) is 5.85. The van der Waals surface area contributed by atoms with Crippen molar-refractivity contribution in [1.82, 2.24) is 0 Å². The second-order valence-electron chi connectivity index (χ2n) is 4.10. The Hall–Kier alpha value is -1.17. The summed E-state index contributed by atoms with van der Waals surface area (Å²) in [7, 11) is 0. The first-order valence-corrected chi connectivity index (χ1v) is 6.99. The van der Waals surface area contributed by atoms with Gasteiger partial charge in [0.1, 0.15) is 5.75 Å². The first kappa shape index (κ1) is 15.2. The summed E-state index contributed by atoms with van der Waals surface area (Å²) in [5, 5.41) is 0.489. The van der Waals surface area contributed by atoms with Crippen LogP contribution in [0.2, 0.25) is 5.02 Å². The van der Waals surface area contributed by atoms with Crippen molar-refractivity contribution in [2.24, 2.45) is 5.73 Å². The average Bonchev–Trinajstić information content (AvgIpc) is 2.36. The van der Waals surface area contributed by atoms with Crippen molar-refractivity contribution in [1.29, 1.82) is 0 Å². The van der Waals surface area contributed by atoms with Gasteiger partial charge in [0, 0.05) is 5.02 Å². The van der Waals surface area contributed by atoms with Crippen molar-refractivity contribution in [3.63, 3.8) is 0 Å². The molecule has 0 amide bonds. The van der Waals surface area contributed by atoms with Crippen LogP contribution in [0, 0.1) is 11.6 Å². The molecule has 0 unspecified atom stereocenters. The summed E-state index contributed by atoms with van der Waals surface area (Å²) in [4.78, 5) is 0. The highest BCUT2D eigenvalue weighted by Gasteiger charge is 2.15. The lowest BCUT2D eigenvalue weighted by atomic mass is 10.1. The van der Waals surface area contributed by atoms with Crippen molar-refractivity contribution in [3.8, 4) is 11.5 Å². The van der Waals surface area contributed by atoms with E-state index in [1.54, 1.807) is 12.1 Å². The SMILES string of the molecule is NCCc1cc(F)c(Oc2ccc(Cl)cc2Br)c(F)c1. The molecule has 106 valence electrons. The van der Waals surface area contributed by atoms with E-state index in [1.165, 1.54) is 18.2 Å². The van der Waals surface area contributed by atoms with Gasteiger partial charge in [-0.25, -0.2) is 8.78 Å². The van der Waals surface area contributed by atoms with Crippen LogP contribution in [0.1, 0.15) is 5.56 Å². The number of rotatable bonds is 4. The first-order chi connectivity index (χ1) is 9.51. The molecule has 2 nitrogen and oxygen atoms in total. The largest absolute Gasteiger partial charge is 0.450 e. The molecule has 0 saturated carbocycles. The molecular formula is C14H11BrClF2NO. The number of halogens is 4. The third-order valence-electron chi connectivity index (χ3n) is 2.60. The Morgan fingerprint density at radius 1 is 1.15 bits per heavy atom. The minimum Gasteiger partial charge on any atom is -0.450 e. The Balaban J connectivity index is 2.33. The van der Waals surface area contributed by atoms with Crippen LogP contribution in [0.5, 0.6) is 11.5 Å². The predicted molar refractivity (Wildman–Crippen MR) is 78.3 cm³/mol. The van der Waals surface area contributed by atoms with Crippen molar-refractivity contribution in [2.45, 2.75) is 6.42 Å². The topological polar surface area (TPSA) is 35.2 Å². The van der Waals surface area contributed by atoms with Gasteiger partial charge in [-0.3, -0.25) is 0 Å². The van der Waals surface area contributed by atoms with Crippen LogP contribution in [0.25, 0.3) is 0 Å². The van der Waals surface area contributed by atoms with Gasteiger partial charge in [-0.15, -0.1) is 0 Å². The summed E-state index contributed by atoms with van der Waals surface area (Å²) in [6.45, 7) is 0.321. The highest BCUT2D eigenvalue weighted by molar-refractivity contribution is 9.10. The lowest BCUT2D eigenvalue weighted by Gasteiger charge is -2.11. The Kier molecular flexibility index (Phi) is 4.96. The first-order valence-electron chi connectivity index (χ1n) is 5.82. The maximum absolute atomic E-state index is 13.9. The van der Waals surface area contributed by atoms with E-state index in [4.69, 9.17) is 22.1 Å². The zero-order valence-corrected chi connectivity index (χ0v) is 12.6. The van der Waals surface area contributed by atoms with Gasteiger partial charge in [0.25, 0.3) is 0 Å². The van der Waals surface area contributed by atoms with Crippen molar-refractivity contribution >= 4 is 27.5 Å². The Morgan fingerprint density at radius 3 is 2.35 bits per heavy atom. The Labute approximate surface area is 128 Å². The Bertz CT molecular complexity index is 614. The van der Waals surface area contributed by atoms with E-state index in [9.17, 15) is 8.78 Å². The van der Waals surface area contributed by atoms with Crippen molar-refractivity contribution in [3.05, 3.63) is 57.0 Å². The molecule has 20 heavy (non-hydrogen) atoms. The van der Waals surface area contributed by atoms with Crippen LogP contribution in [0.3, 0.4) is 0 Å². The standard InChI is InChI=1S/C14H11BrClF2NO/c15-10-7-9(16)1-2-13(10)20-14-11(17)5-8(3-4-19)6-12(14)18/h1-2,5-7H,3-4,19H2. The molecule has 0 aliphatic carbocycles. The number of ether oxygens (including phenoxy) is 1.